The molecule has 3 N–H and O–H groups in total. The number of carboxylic acids is 1. The van der Waals surface area contributed by atoms with Gasteiger partial charge in [-0.15, -0.1) is 0 Å². The van der Waals surface area contributed by atoms with E-state index in [-0.39, 0.29) is 0 Å². The highest BCUT2D eigenvalue weighted by Gasteiger charge is 2.16. The highest BCUT2D eigenvalue weighted by atomic mass is 19.1. The van der Waals surface area contributed by atoms with E-state index in [2.05, 4.69) is 5.32 Å². The number of aliphatic hydroxyl groups is 1. The first-order chi connectivity index (χ1) is 8.41. The zero-order chi connectivity index (χ0) is 13.7. The minimum Gasteiger partial charge on any atom is -0.479 e. The lowest BCUT2D eigenvalue weighted by Crippen LogP contribution is -2.43. The van der Waals surface area contributed by atoms with E-state index in [1.807, 2.05) is 0 Å². The first-order valence-corrected chi connectivity index (χ1v) is 5.10. The molecule has 1 rings (SSSR count). The number of nitrogens with zero attached hydrogens (tertiary/aromatic N) is 1. The van der Waals surface area contributed by atoms with Crippen molar-refractivity contribution < 1.29 is 24.2 Å². The highest BCUT2D eigenvalue weighted by Crippen LogP contribution is 2.13. The van der Waals surface area contributed by atoms with Gasteiger partial charge in [0.25, 0.3) is 0 Å². The number of halogens is 1. The summed E-state index contributed by atoms with van der Waals surface area (Å²) in [4.78, 5) is 23.0. The molecule has 0 fully saturated rings. The number of amides is 2. The molecule has 6 nitrogen and oxygen atoms in total. The number of carbonyl (C=O) groups excluding carboxylic acids is 1. The average Bonchev–Trinajstić information content (AvgIpc) is 2.34. The number of hydrogen-bond acceptors (Lipinski definition) is 3. The van der Waals surface area contributed by atoms with Crippen LogP contribution in [0.2, 0.25) is 0 Å². The summed E-state index contributed by atoms with van der Waals surface area (Å²) in [5, 5.41) is 19.6. The van der Waals surface area contributed by atoms with E-state index in [0.717, 1.165) is 11.0 Å². The van der Waals surface area contributed by atoms with Crippen LogP contribution in [0.4, 0.5) is 14.9 Å². The molecule has 2 amide bonds. The largest absolute Gasteiger partial charge is 0.479 e. The van der Waals surface area contributed by atoms with Gasteiger partial charge in [0.2, 0.25) is 0 Å². The summed E-state index contributed by atoms with van der Waals surface area (Å²) in [6.45, 7) is -0.423. The van der Waals surface area contributed by atoms with Crippen LogP contribution < -0.4 is 10.2 Å². The average molecular weight is 256 g/mol. The Morgan fingerprint density at radius 3 is 2.72 bits per heavy atom. The monoisotopic (exact) mass is 256 g/mol. The van der Waals surface area contributed by atoms with Gasteiger partial charge < -0.3 is 15.5 Å². The zero-order valence-electron chi connectivity index (χ0n) is 9.63. The van der Waals surface area contributed by atoms with E-state index in [1.165, 1.54) is 25.2 Å². The Morgan fingerprint density at radius 2 is 2.17 bits per heavy atom. The third kappa shape index (κ3) is 3.70. The van der Waals surface area contributed by atoms with Crippen LogP contribution in [0, 0.1) is 5.82 Å². The summed E-state index contributed by atoms with van der Waals surface area (Å²) in [6, 6.07) is 4.73. The number of rotatable bonds is 4. The predicted octanol–water partition coefficient (Wildman–Crippen LogP) is 0.417. The second-order valence-corrected chi connectivity index (χ2v) is 3.58. The number of urea groups is 1. The van der Waals surface area contributed by atoms with Crippen LogP contribution in [0.25, 0.3) is 0 Å². The van der Waals surface area contributed by atoms with E-state index in [4.69, 9.17) is 10.2 Å². The van der Waals surface area contributed by atoms with Gasteiger partial charge in [-0.05, 0) is 18.2 Å². The summed E-state index contributed by atoms with van der Waals surface area (Å²) in [5.41, 5.74) is 0.317. The van der Waals surface area contributed by atoms with Gasteiger partial charge in [0.15, 0.2) is 6.10 Å². The number of hydrogen-bond donors (Lipinski definition) is 3. The Balaban J connectivity index is 2.59. The zero-order valence-corrected chi connectivity index (χ0v) is 9.63. The van der Waals surface area contributed by atoms with E-state index in [1.54, 1.807) is 0 Å². The fraction of sp³-hybridized carbons (Fsp3) is 0.273. The van der Waals surface area contributed by atoms with Crippen molar-refractivity contribution in [2.75, 3.05) is 18.5 Å². The molecule has 0 aromatic heterocycles. The minimum atomic E-state index is -1.67. The lowest BCUT2D eigenvalue weighted by molar-refractivity contribution is -0.146. The quantitative estimate of drug-likeness (QED) is 0.728. The van der Waals surface area contributed by atoms with E-state index < -0.39 is 30.5 Å². The SMILES string of the molecule is CN(C(=O)NCC(O)C(=O)O)c1cccc(F)c1. The molecular formula is C11H13FN2O4. The van der Waals surface area contributed by atoms with Gasteiger partial charge in [-0.25, -0.2) is 14.0 Å². The lowest BCUT2D eigenvalue weighted by Gasteiger charge is -2.18. The van der Waals surface area contributed by atoms with Crippen molar-refractivity contribution >= 4 is 17.7 Å². The number of anilines is 1. The topological polar surface area (TPSA) is 89.9 Å². The lowest BCUT2D eigenvalue weighted by atomic mass is 10.3. The Bertz CT molecular complexity index is 452. The number of carboxylic acid groups (broad SMARTS) is 1. The molecule has 0 spiro atoms. The van der Waals surface area contributed by atoms with Gasteiger partial charge in [-0.3, -0.25) is 4.90 Å². The maximum absolute atomic E-state index is 12.9. The fourth-order valence-corrected chi connectivity index (χ4v) is 1.19. The minimum absolute atomic E-state index is 0.317. The van der Waals surface area contributed by atoms with Gasteiger partial charge in [0.1, 0.15) is 5.82 Å². The summed E-state index contributed by atoms with van der Waals surface area (Å²) in [6.07, 6.45) is -1.67. The summed E-state index contributed by atoms with van der Waals surface area (Å²) in [5.74, 6) is -1.92. The molecule has 0 radical (unpaired) electrons. The van der Waals surface area contributed by atoms with Crippen molar-refractivity contribution in [2.45, 2.75) is 6.10 Å². The molecule has 0 aliphatic rings. The number of benzene rings is 1. The molecule has 0 aliphatic heterocycles. The smallest absolute Gasteiger partial charge is 0.334 e. The Morgan fingerprint density at radius 1 is 1.50 bits per heavy atom. The van der Waals surface area contributed by atoms with Crippen LogP contribution in [0.15, 0.2) is 24.3 Å². The maximum Gasteiger partial charge on any atom is 0.334 e. The molecule has 98 valence electrons. The number of nitrogens with one attached hydrogen (secondary N) is 1. The Labute approximate surface area is 103 Å². The molecule has 18 heavy (non-hydrogen) atoms. The molecular weight excluding hydrogens is 243 g/mol. The third-order valence-corrected chi connectivity index (χ3v) is 2.23. The van der Waals surface area contributed by atoms with Gasteiger partial charge in [-0.2, -0.15) is 0 Å². The molecule has 1 atom stereocenters. The van der Waals surface area contributed by atoms with Crippen molar-refractivity contribution in [3.8, 4) is 0 Å². The summed E-state index contributed by atoms with van der Waals surface area (Å²) < 4.78 is 12.9. The summed E-state index contributed by atoms with van der Waals surface area (Å²) in [7, 11) is 1.40. The molecule has 7 heteroatoms. The highest BCUT2D eigenvalue weighted by molar-refractivity contribution is 5.91. The molecule has 0 aliphatic carbocycles. The van der Waals surface area contributed by atoms with Crippen molar-refractivity contribution in [3.63, 3.8) is 0 Å². The first-order valence-electron chi connectivity index (χ1n) is 5.10. The van der Waals surface area contributed by atoms with Gasteiger partial charge in [0.05, 0.1) is 6.54 Å². The molecule has 0 saturated heterocycles. The Hall–Kier alpha value is -2.15. The van der Waals surface area contributed by atoms with Gasteiger partial charge in [-0.1, -0.05) is 6.07 Å². The van der Waals surface area contributed by atoms with Crippen LogP contribution in [-0.4, -0.2) is 41.9 Å². The predicted molar refractivity (Wildman–Crippen MR) is 61.8 cm³/mol. The molecule has 0 heterocycles. The maximum atomic E-state index is 12.9. The van der Waals surface area contributed by atoms with Crippen molar-refractivity contribution in [2.24, 2.45) is 0 Å². The second kappa shape index (κ2) is 5.97. The fourth-order valence-electron chi connectivity index (χ4n) is 1.19. The molecule has 0 saturated carbocycles. The molecule has 1 aromatic carbocycles. The van der Waals surface area contributed by atoms with Crippen molar-refractivity contribution in [3.05, 3.63) is 30.1 Å². The standard InChI is InChI=1S/C11H13FN2O4/c1-14(8-4-2-3-7(12)5-8)11(18)13-6-9(15)10(16)17/h2-5,9,15H,6H2,1H3,(H,13,18)(H,16,17). The van der Waals surface area contributed by atoms with Crippen molar-refractivity contribution in [1.29, 1.82) is 0 Å². The number of aliphatic hydroxyl groups excluding tert-OH is 1. The molecule has 1 unspecified atom stereocenters. The van der Waals surface area contributed by atoms with Crippen molar-refractivity contribution in [1.82, 2.24) is 5.32 Å². The van der Waals surface area contributed by atoms with Gasteiger partial charge in [0, 0.05) is 12.7 Å². The van der Waals surface area contributed by atoms with E-state index in [9.17, 15) is 14.0 Å². The van der Waals surface area contributed by atoms with Crippen LogP contribution in [0.3, 0.4) is 0 Å². The number of aliphatic carboxylic acids is 1. The summed E-state index contributed by atoms with van der Waals surface area (Å²) >= 11 is 0. The number of carbonyl (C=O) groups is 2. The van der Waals surface area contributed by atoms with Crippen LogP contribution in [0.5, 0.6) is 0 Å². The van der Waals surface area contributed by atoms with Crippen LogP contribution in [0.1, 0.15) is 0 Å². The van der Waals surface area contributed by atoms with Crippen LogP contribution >= 0.6 is 0 Å². The van der Waals surface area contributed by atoms with E-state index in [0.29, 0.717) is 5.69 Å². The molecule has 1 aromatic rings. The second-order valence-electron chi connectivity index (χ2n) is 3.58. The van der Waals surface area contributed by atoms with Crippen LogP contribution in [-0.2, 0) is 4.79 Å². The third-order valence-electron chi connectivity index (χ3n) is 2.23. The Kier molecular flexibility index (Phi) is 4.61. The normalized spacial score (nSPS) is 11.7. The van der Waals surface area contributed by atoms with E-state index >= 15 is 0 Å². The first kappa shape index (κ1) is 13.9. The molecule has 0 bridgehead atoms. The van der Waals surface area contributed by atoms with Gasteiger partial charge >= 0.3 is 12.0 Å².